The van der Waals surface area contributed by atoms with Gasteiger partial charge in [-0.05, 0) is 24.5 Å². The van der Waals surface area contributed by atoms with Gasteiger partial charge in [-0.15, -0.1) is 0 Å². The van der Waals surface area contributed by atoms with Crippen molar-refractivity contribution in [3.05, 3.63) is 46.4 Å². The summed E-state index contributed by atoms with van der Waals surface area (Å²) >= 11 is 3.28. The first-order chi connectivity index (χ1) is 6.15. The molecule has 69 valence electrons. The molecule has 0 saturated heterocycles. The van der Waals surface area contributed by atoms with Gasteiger partial charge in [0.1, 0.15) is 0 Å². The molecule has 0 unspecified atom stereocenters. The molecule has 0 aliphatic carbocycles. The quantitative estimate of drug-likeness (QED) is 0.465. The molecule has 0 aliphatic heterocycles. The number of halogens is 1. The van der Waals surface area contributed by atoms with Crippen LogP contribution in [0.15, 0.2) is 18.2 Å². The Morgan fingerprint density at radius 1 is 1.54 bits per heavy atom. The minimum Gasteiger partial charge on any atom is -0.258 e. The molecule has 1 aromatic rings. The lowest BCUT2D eigenvalue weighted by Crippen LogP contribution is -1.94. The summed E-state index contributed by atoms with van der Waals surface area (Å²) < 4.78 is 0. The standard InChI is InChI=1S/C9H9BrNO2/c1-7-2-3-9(11(12)13)6-8(7)4-5-10/h2-3,6H,1,4-5H2. The normalized spacial score (nSPS) is 10.0. The lowest BCUT2D eigenvalue weighted by molar-refractivity contribution is -0.384. The molecule has 0 saturated carbocycles. The number of alkyl halides is 1. The first kappa shape index (κ1) is 10.2. The van der Waals surface area contributed by atoms with Gasteiger partial charge in [0, 0.05) is 17.5 Å². The van der Waals surface area contributed by atoms with Crippen molar-refractivity contribution in [3.63, 3.8) is 0 Å². The van der Waals surface area contributed by atoms with Crippen molar-refractivity contribution in [1.82, 2.24) is 0 Å². The predicted molar refractivity (Wildman–Crippen MR) is 55.1 cm³/mol. The fourth-order valence-electron chi connectivity index (χ4n) is 1.06. The second-order valence-corrected chi connectivity index (χ2v) is 3.44. The Bertz CT molecular complexity index is 325. The van der Waals surface area contributed by atoms with Gasteiger partial charge in [0.15, 0.2) is 0 Å². The van der Waals surface area contributed by atoms with Crippen molar-refractivity contribution in [2.75, 3.05) is 5.33 Å². The Morgan fingerprint density at radius 2 is 2.23 bits per heavy atom. The average molecular weight is 243 g/mol. The highest BCUT2D eigenvalue weighted by atomic mass is 79.9. The molecule has 1 radical (unpaired) electrons. The van der Waals surface area contributed by atoms with Gasteiger partial charge in [0.2, 0.25) is 0 Å². The Hall–Kier alpha value is -0.900. The third-order valence-corrected chi connectivity index (χ3v) is 2.16. The maximum absolute atomic E-state index is 10.4. The second kappa shape index (κ2) is 4.37. The van der Waals surface area contributed by atoms with Crippen molar-refractivity contribution >= 4 is 21.6 Å². The van der Waals surface area contributed by atoms with Crippen LogP contribution in [0.5, 0.6) is 0 Å². The fraction of sp³-hybridized carbons (Fsp3) is 0.222. The van der Waals surface area contributed by atoms with E-state index in [-0.39, 0.29) is 5.69 Å². The number of hydrogen-bond donors (Lipinski definition) is 0. The topological polar surface area (TPSA) is 43.1 Å². The van der Waals surface area contributed by atoms with Gasteiger partial charge >= 0.3 is 0 Å². The molecule has 3 nitrogen and oxygen atoms in total. The van der Waals surface area contributed by atoms with Gasteiger partial charge in [-0.1, -0.05) is 22.0 Å². The van der Waals surface area contributed by atoms with Gasteiger partial charge in [-0.25, -0.2) is 0 Å². The molecule has 0 aliphatic rings. The Kier molecular flexibility index (Phi) is 3.42. The molecule has 0 heterocycles. The summed E-state index contributed by atoms with van der Waals surface area (Å²) in [5.74, 6) is 0. The highest BCUT2D eigenvalue weighted by Crippen LogP contribution is 2.18. The minimum atomic E-state index is -0.392. The first-order valence-electron chi connectivity index (χ1n) is 3.80. The molecule has 0 N–H and O–H groups in total. The number of hydrogen-bond acceptors (Lipinski definition) is 2. The number of nitro groups is 1. The van der Waals surface area contributed by atoms with Crippen molar-refractivity contribution in [1.29, 1.82) is 0 Å². The van der Waals surface area contributed by atoms with E-state index in [1.165, 1.54) is 6.07 Å². The lowest BCUT2D eigenvalue weighted by atomic mass is 10.1. The molecule has 0 amide bonds. The number of rotatable bonds is 3. The third kappa shape index (κ3) is 2.52. The van der Waals surface area contributed by atoms with Crippen LogP contribution >= 0.6 is 15.9 Å². The van der Waals surface area contributed by atoms with Crippen LogP contribution in [0.2, 0.25) is 0 Å². The Morgan fingerprint density at radius 3 is 2.77 bits per heavy atom. The van der Waals surface area contributed by atoms with E-state index in [4.69, 9.17) is 0 Å². The minimum absolute atomic E-state index is 0.128. The van der Waals surface area contributed by atoms with E-state index in [2.05, 4.69) is 22.9 Å². The summed E-state index contributed by atoms with van der Waals surface area (Å²) in [5, 5.41) is 11.2. The van der Waals surface area contributed by atoms with E-state index in [1.54, 1.807) is 12.1 Å². The zero-order valence-electron chi connectivity index (χ0n) is 7.00. The monoisotopic (exact) mass is 242 g/mol. The van der Waals surface area contributed by atoms with Crippen LogP contribution in [0.1, 0.15) is 11.1 Å². The van der Waals surface area contributed by atoms with Gasteiger partial charge < -0.3 is 0 Å². The summed E-state index contributed by atoms with van der Waals surface area (Å²) in [6.07, 6.45) is 0.764. The summed E-state index contributed by atoms with van der Waals surface area (Å²) in [4.78, 5) is 10.1. The van der Waals surface area contributed by atoms with Crippen LogP contribution < -0.4 is 0 Å². The number of nitro benzene ring substituents is 1. The van der Waals surface area contributed by atoms with Crippen LogP contribution in [-0.2, 0) is 6.42 Å². The Labute approximate surface area is 85.0 Å². The molecule has 1 rings (SSSR count). The average Bonchev–Trinajstić information content (AvgIpc) is 2.08. The van der Waals surface area contributed by atoms with E-state index in [9.17, 15) is 10.1 Å². The molecular formula is C9H9BrNO2. The summed E-state index contributed by atoms with van der Waals surface area (Å²) in [5.41, 5.74) is 1.90. The van der Waals surface area contributed by atoms with Gasteiger partial charge in [-0.2, -0.15) is 0 Å². The smallest absolute Gasteiger partial charge is 0.258 e. The molecule has 0 spiro atoms. The van der Waals surface area contributed by atoms with E-state index < -0.39 is 4.92 Å². The zero-order valence-corrected chi connectivity index (χ0v) is 8.58. The van der Waals surface area contributed by atoms with Gasteiger partial charge in [0.25, 0.3) is 5.69 Å². The molecule has 1 aromatic carbocycles. The van der Waals surface area contributed by atoms with Gasteiger partial charge in [-0.3, -0.25) is 10.1 Å². The van der Waals surface area contributed by atoms with E-state index in [1.807, 2.05) is 0 Å². The molecule has 13 heavy (non-hydrogen) atoms. The van der Waals surface area contributed by atoms with E-state index in [0.29, 0.717) is 0 Å². The molecule has 0 aromatic heterocycles. The van der Waals surface area contributed by atoms with Crippen LogP contribution in [-0.4, -0.2) is 10.3 Å². The van der Waals surface area contributed by atoms with Gasteiger partial charge in [0.05, 0.1) is 4.92 Å². The highest BCUT2D eigenvalue weighted by Gasteiger charge is 2.07. The fourth-order valence-corrected chi connectivity index (χ4v) is 1.49. The predicted octanol–water partition coefficient (Wildman–Crippen LogP) is 2.71. The summed E-state index contributed by atoms with van der Waals surface area (Å²) in [6.45, 7) is 3.80. The van der Waals surface area contributed by atoms with Crippen LogP contribution in [0.25, 0.3) is 0 Å². The van der Waals surface area contributed by atoms with Crippen molar-refractivity contribution < 1.29 is 4.92 Å². The van der Waals surface area contributed by atoms with E-state index >= 15 is 0 Å². The molecule has 0 atom stereocenters. The largest absolute Gasteiger partial charge is 0.269 e. The van der Waals surface area contributed by atoms with Crippen LogP contribution in [0.3, 0.4) is 0 Å². The highest BCUT2D eigenvalue weighted by molar-refractivity contribution is 9.09. The first-order valence-corrected chi connectivity index (χ1v) is 4.92. The summed E-state index contributed by atoms with van der Waals surface area (Å²) in [6, 6.07) is 4.72. The number of non-ortho nitro benzene ring substituents is 1. The maximum Gasteiger partial charge on any atom is 0.269 e. The van der Waals surface area contributed by atoms with Crippen molar-refractivity contribution in [2.24, 2.45) is 0 Å². The van der Waals surface area contributed by atoms with Crippen molar-refractivity contribution in [2.45, 2.75) is 6.42 Å². The van der Waals surface area contributed by atoms with Crippen LogP contribution in [0, 0.1) is 17.0 Å². The molecular weight excluding hydrogens is 234 g/mol. The number of benzene rings is 1. The van der Waals surface area contributed by atoms with E-state index in [0.717, 1.165) is 22.9 Å². The molecule has 0 bridgehead atoms. The zero-order chi connectivity index (χ0) is 9.84. The van der Waals surface area contributed by atoms with Crippen LogP contribution in [0.4, 0.5) is 5.69 Å². The number of nitrogens with zero attached hydrogens (tertiary/aromatic N) is 1. The third-order valence-electron chi connectivity index (χ3n) is 1.76. The lowest BCUT2D eigenvalue weighted by Gasteiger charge is -2.02. The van der Waals surface area contributed by atoms with Crippen molar-refractivity contribution in [3.8, 4) is 0 Å². The molecule has 0 fully saturated rings. The summed E-state index contributed by atoms with van der Waals surface area (Å²) in [7, 11) is 0. The maximum atomic E-state index is 10.4. The second-order valence-electron chi connectivity index (χ2n) is 2.65. The Balaban J connectivity index is 3.03. The number of aryl methyl sites for hydroxylation is 1. The SMILES string of the molecule is [CH2]c1ccc([N+](=O)[O-])cc1CCBr. The molecule has 4 heteroatoms.